The van der Waals surface area contributed by atoms with Crippen molar-refractivity contribution in [1.29, 1.82) is 0 Å². The van der Waals surface area contributed by atoms with Crippen LogP contribution in [0.4, 0.5) is 15.9 Å². The Labute approximate surface area is 143 Å². The van der Waals surface area contributed by atoms with Gasteiger partial charge in [-0.25, -0.2) is 9.37 Å². The molecule has 1 fully saturated rings. The summed E-state index contributed by atoms with van der Waals surface area (Å²) < 4.78 is 13.3. The number of anilines is 1. The average Bonchev–Trinajstić information content (AvgIpc) is 2.61. The van der Waals surface area contributed by atoms with Gasteiger partial charge >= 0.3 is 5.69 Å². The van der Waals surface area contributed by atoms with Crippen LogP contribution in [0, 0.1) is 22.9 Å². The minimum Gasteiger partial charge on any atom is -0.347 e. The first kappa shape index (κ1) is 16.8. The Balaban J connectivity index is 1.72. The molecule has 0 radical (unpaired) electrons. The van der Waals surface area contributed by atoms with Crippen LogP contribution in [0.1, 0.15) is 15.9 Å². The van der Waals surface area contributed by atoms with Crippen molar-refractivity contribution < 1.29 is 14.1 Å². The van der Waals surface area contributed by atoms with Gasteiger partial charge in [0.25, 0.3) is 5.91 Å². The van der Waals surface area contributed by atoms with E-state index in [1.165, 1.54) is 24.3 Å². The van der Waals surface area contributed by atoms with Gasteiger partial charge in [0.2, 0.25) is 5.82 Å². The van der Waals surface area contributed by atoms with E-state index in [-0.39, 0.29) is 11.6 Å². The van der Waals surface area contributed by atoms with Crippen molar-refractivity contribution in [3.63, 3.8) is 0 Å². The number of nitro groups is 1. The molecule has 0 spiro atoms. The van der Waals surface area contributed by atoms with E-state index in [9.17, 15) is 19.3 Å². The maximum absolute atomic E-state index is 13.3. The van der Waals surface area contributed by atoms with E-state index in [0.29, 0.717) is 37.6 Å². The smallest absolute Gasteiger partial charge is 0.311 e. The van der Waals surface area contributed by atoms with Crippen molar-refractivity contribution in [3.8, 4) is 0 Å². The molecule has 1 aromatic carbocycles. The summed E-state index contributed by atoms with van der Waals surface area (Å²) in [5.74, 6) is -0.386. The Morgan fingerprint density at radius 3 is 2.60 bits per heavy atom. The number of pyridine rings is 1. The van der Waals surface area contributed by atoms with Gasteiger partial charge in [-0.2, -0.15) is 0 Å². The summed E-state index contributed by atoms with van der Waals surface area (Å²) in [5, 5.41) is 11.2. The van der Waals surface area contributed by atoms with Crippen LogP contribution in [0.25, 0.3) is 0 Å². The molecule has 130 valence electrons. The van der Waals surface area contributed by atoms with Gasteiger partial charge in [-0.05, 0) is 30.7 Å². The van der Waals surface area contributed by atoms with Gasteiger partial charge in [0.1, 0.15) is 5.82 Å². The van der Waals surface area contributed by atoms with Crippen molar-refractivity contribution in [2.75, 3.05) is 31.1 Å². The molecule has 0 aliphatic carbocycles. The molecule has 1 aromatic heterocycles. The van der Waals surface area contributed by atoms with Crippen LogP contribution >= 0.6 is 0 Å². The molecule has 2 aromatic rings. The lowest BCUT2D eigenvalue weighted by Crippen LogP contribution is -2.49. The fourth-order valence-electron chi connectivity index (χ4n) is 2.85. The first-order valence-electron chi connectivity index (χ1n) is 7.86. The Morgan fingerprint density at radius 2 is 1.96 bits per heavy atom. The third-order valence-electron chi connectivity index (χ3n) is 4.12. The minimum absolute atomic E-state index is 0.0371. The van der Waals surface area contributed by atoms with Gasteiger partial charge in [0.05, 0.1) is 4.92 Å². The van der Waals surface area contributed by atoms with Gasteiger partial charge in [-0.3, -0.25) is 14.9 Å². The van der Waals surface area contributed by atoms with E-state index < -0.39 is 10.7 Å². The maximum Gasteiger partial charge on any atom is 0.311 e. The molecule has 1 aliphatic rings. The number of rotatable bonds is 3. The highest BCUT2D eigenvalue weighted by atomic mass is 19.1. The molecule has 8 heteroatoms. The number of aromatic nitrogens is 1. The number of aryl methyl sites for hydroxylation is 1. The highest BCUT2D eigenvalue weighted by Crippen LogP contribution is 2.27. The third kappa shape index (κ3) is 3.57. The lowest BCUT2D eigenvalue weighted by Gasteiger charge is -2.35. The van der Waals surface area contributed by atoms with Crippen molar-refractivity contribution in [1.82, 2.24) is 9.88 Å². The van der Waals surface area contributed by atoms with Crippen LogP contribution in [0.3, 0.4) is 0 Å². The Bertz CT molecular complexity index is 819. The number of piperazine rings is 1. The first-order chi connectivity index (χ1) is 12.0. The van der Waals surface area contributed by atoms with Crippen LogP contribution in [0.2, 0.25) is 0 Å². The lowest BCUT2D eigenvalue weighted by atomic mass is 10.1. The van der Waals surface area contributed by atoms with Crippen molar-refractivity contribution in [2.45, 2.75) is 6.92 Å². The van der Waals surface area contributed by atoms with Crippen LogP contribution in [0.15, 0.2) is 36.5 Å². The Hall–Kier alpha value is -3.03. The standard InChI is InChI=1S/C17H17FN4O3/c1-12-9-15(22(24)25)16(19-11-12)20-5-7-21(8-6-20)17(23)13-3-2-4-14(18)10-13/h2-4,9-11H,5-8H2,1H3. The van der Waals surface area contributed by atoms with E-state index in [4.69, 9.17) is 0 Å². The van der Waals surface area contributed by atoms with Crippen molar-refractivity contribution >= 4 is 17.4 Å². The van der Waals surface area contributed by atoms with Crippen LogP contribution in [0.5, 0.6) is 0 Å². The fraction of sp³-hybridized carbons (Fsp3) is 0.294. The molecule has 0 atom stereocenters. The van der Waals surface area contributed by atoms with E-state index in [2.05, 4.69) is 4.98 Å². The largest absolute Gasteiger partial charge is 0.347 e. The zero-order chi connectivity index (χ0) is 18.0. The molecule has 2 heterocycles. The zero-order valence-electron chi connectivity index (χ0n) is 13.7. The number of hydrogen-bond acceptors (Lipinski definition) is 5. The number of carbonyl (C=O) groups excluding carboxylic acids is 1. The predicted molar refractivity (Wildman–Crippen MR) is 90.1 cm³/mol. The number of amides is 1. The number of hydrogen-bond donors (Lipinski definition) is 0. The molecular formula is C17H17FN4O3. The predicted octanol–water partition coefficient (Wildman–Crippen LogP) is 2.40. The molecule has 25 heavy (non-hydrogen) atoms. The highest BCUT2D eigenvalue weighted by Gasteiger charge is 2.27. The van der Waals surface area contributed by atoms with Gasteiger partial charge in [0.15, 0.2) is 0 Å². The van der Waals surface area contributed by atoms with Gasteiger partial charge < -0.3 is 9.80 Å². The second-order valence-electron chi connectivity index (χ2n) is 5.90. The minimum atomic E-state index is -0.455. The quantitative estimate of drug-likeness (QED) is 0.631. The van der Waals surface area contributed by atoms with E-state index in [1.54, 1.807) is 29.0 Å². The molecule has 1 amide bonds. The second kappa shape index (κ2) is 6.84. The number of nitrogens with zero attached hydrogens (tertiary/aromatic N) is 4. The summed E-state index contributed by atoms with van der Waals surface area (Å²) >= 11 is 0. The maximum atomic E-state index is 13.3. The van der Waals surface area contributed by atoms with E-state index >= 15 is 0 Å². The van der Waals surface area contributed by atoms with Crippen LogP contribution in [-0.2, 0) is 0 Å². The fourth-order valence-corrected chi connectivity index (χ4v) is 2.85. The third-order valence-corrected chi connectivity index (χ3v) is 4.12. The highest BCUT2D eigenvalue weighted by molar-refractivity contribution is 5.94. The van der Waals surface area contributed by atoms with E-state index in [1.807, 2.05) is 0 Å². The second-order valence-corrected chi connectivity index (χ2v) is 5.90. The topological polar surface area (TPSA) is 79.6 Å². The zero-order valence-corrected chi connectivity index (χ0v) is 13.7. The Kier molecular flexibility index (Phi) is 4.60. The average molecular weight is 344 g/mol. The molecule has 7 nitrogen and oxygen atoms in total. The van der Waals surface area contributed by atoms with Crippen molar-refractivity contribution in [3.05, 3.63) is 63.6 Å². The van der Waals surface area contributed by atoms with Crippen molar-refractivity contribution in [2.24, 2.45) is 0 Å². The summed E-state index contributed by atoms with van der Waals surface area (Å²) in [7, 11) is 0. The summed E-state index contributed by atoms with van der Waals surface area (Å²) in [6, 6.07) is 7.06. The van der Waals surface area contributed by atoms with Crippen LogP contribution in [-0.4, -0.2) is 46.9 Å². The molecule has 0 bridgehead atoms. The summed E-state index contributed by atoms with van der Waals surface area (Å²) in [6.07, 6.45) is 1.59. The lowest BCUT2D eigenvalue weighted by molar-refractivity contribution is -0.384. The molecule has 1 saturated heterocycles. The number of benzene rings is 1. The summed E-state index contributed by atoms with van der Waals surface area (Å²) in [4.78, 5) is 30.8. The SMILES string of the molecule is Cc1cnc(N2CCN(C(=O)c3cccc(F)c3)CC2)c([N+](=O)[O-])c1. The van der Waals surface area contributed by atoms with Gasteiger partial charge in [0, 0.05) is 44.0 Å². The number of carbonyl (C=O) groups is 1. The molecule has 0 N–H and O–H groups in total. The molecule has 0 unspecified atom stereocenters. The molecule has 3 rings (SSSR count). The monoisotopic (exact) mass is 344 g/mol. The Morgan fingerprint density at radius 1 is 1.24 bits per heavy atom. The summed E-state index contributed by atoms with van der Waals surface area (Å²) in [6.45, 7) is 3.39. The first-order valence-corrected chi connectivity index (χ1v) is 7.86. The summed E-state index contributed by atoms with van der Waals surface area (Å²) in [5.41, 5.74) is 0.980. The van der Waals surface area contributed by atoms with E-state index in [0.717, 1.165) is 5.56 Å². The van der Waals surface area contributed by atoms with Gasteiger partial charge in [-0.15, -0.1) is 0 Å². The van der Waals surface area contributed by atoms with Crippen LogP contribution < -0.4 is 4.90 Å². The molecule has 0 saturated carbocycles. The molecular weight excluding hydrogens is 327 g/mol. The number of halogens is 1. The van der Waals surface area contributed by atoms with Gasteiger partial charge in [-0.1, -0.05) is 6.07 Å². The molecule has 1 aliphatic heterocycles. The normalized spacial score (nSPS) is 14.5.